The number of amides is 2. The third kappa shape index (κ3) is 4.88. The Hall–Kier alpha value is -3.60. The molecule has 1 aromatic heterocycles. The minimum absolute atomic E-state index is 0.0113. The van der Waals surface area contributed by atoms with Crippen molar-refractivity contribution in [2.75, 3.05) is 24.5 Å². The summed E-state index contributed by atoms with van der Waals surface area (Å²) in [6, 6.07) is 11.1. The number of nitrogens with zero attached hydrogens (tertiary/aromatic N) is 5. The molecule has 0 saturated carbocycles. The lowest BCUT2D eigenvalue weighted by Crippen LogP contribution is -2.47. The largest absolute Gasteiger partial charge is 0.368 e. The van der Waals surface area contributed by atoms with E-state index in [1.807, 2.05) is 42.2 Å². The van der Waals surface area contributed by atoms with Gasteiger partial charge in [0.1, 0.15) is 22.2 Å². The van der Waals surface area contributed by atoms with Crippen molar-refractivity contribution in [1.29, 1.82) is 5.26 Å². The minimum Gasteiger partial charge on any atom is -0.368 e. The molecule has 10 heteroatoms. The van der Waals surface area contributed by atoms with Gasteiger partial charge in [-0.1, -0.05) is 49.0 Å². The van der Waals surface area contributed by atoms with Crippen LogP contribution < -0.4 is 16.4 Å². The van der Waals surface area contributed by atoms with Crippen LogP contribution in [0, 0.1) is 17.9 Å². The Morgan fingerprint density at radius 1 is 1.28 bits per heavy atom. The fourth-order valence-electron chi connectivity index (χ4n) is 4.98. The molecule has 4 N–H and O–H groups in total. The highest BCUT2D eigenvalue weighted by Crippen LogP contribution is 2.43. The van der Waals surface area contributed by atoms with E-state index in [0.29, 0.717) is 60.1 Å². The number of rotatable bonds is 7. The van der Waals surface area contributed by atoms with Gasteiger partial charge >= 0.3 is 0 Å². The van der Waals surface area contributed by atoms with E-state index in [-0.39, 0.29) is 11.9 Å². The van der Waals surface area contributed by atoms with E-state index in [0.717, 1.165) is 30.2 Å². The van der Waals surface area contributed by atoms with Gasteiger partial charge in [-0.2, -0.15) is 5.26 Å². The molecule has 2 aliphatic rings. The molecule has 36 heavy (non-hydrogen) atoms. The molecule has 0 radical (unpaired) electrons. The Bertz CT molecular complexity index is 1230. The predicted octanol–water partition coefficient (Wildman–Crippen LogP) is 2.91. The number of pyridine rings is 1. The molecule has 1 aromatic carbocycles. The van der Waals surface area contributed by atoms with Crippen molar-refractivity contribution in [3.8, 4) is 6.07 Å². The van der Waals surface area contributed by atoms with Crippen molar-refractivity contribution in [1.82, 2.24) is 9.88 Å². The maximum Gasteiger partial charge on any atom is 0.239 e. The fraction of sp³-hybridized carbons (Fsp3) is 0.423. The molecule has 0 spiro atoms. The van der Waals surface area contributed by atoms with Gasteiger partial charge in [0.05, 0.1) is 18.2 Å². The number of hydrogen-bond donors (Lipinski definition) is 2. The zero-order valence-corrected chi connectivity index (χ0v) is 21.0. The van der Waals surface area contributed by atoms with E-state index in [4.69, 9.17) is 23.0 Å². The third-order valence-corrected chi connectivity index (χ3v) is 8.13. The van der Waals surface area contributed by atoms with E-state index in [9.17, 15) is 14.9 Å². The highest BCUT2D eigenvalue weighted by atomic mass is 32.2. The van der Waals surface area contributed by atoms with E-state index in [1.54, 1.807) is 0 Å². The SMILES string of the molecule is [C-]#[N+]c1c(N2CCC(N3CCC(N)C3=O)CC2)nc(SC(C(N)=O)c2ccccc2)c(C#N)c1CC. The number of anilines is 1. The average Bonchev–Trinajstić information content (AvgIpc) is 3.24. The molecule has 2 fully saturated rings. The van der Waals surface area contributed by atoms with E-state index >= 15 is 0 Å². The lowest BCUT2D eigenvalue weighted by atomic mass is 10.0. The topological polar surface area (TPSA) is 134 Å². The molecule has 2 unspecified atom stereocenters. The normalized spacial score (nSPS) is 19.1. The molecule has 2 atom stereocenters. The zero-order chi connectivity index (χ0) is 25.8. The van der Waals surface area contributed by atoms with E-state index in [1.165, 1.54) is 0 Å². The van der Waals surface area contributed by atoms with Gasteiger partial charge in [-0.05, 0) is 36.8 Å². The third-order valence-electron chi connectivity index (χ3n) is 6.87. The summed E-state index contributed by atoms with van der Waals surface area (Å²) in [6.07, 6.45) is 2.65. The van der Waals surface area contributed by atoms with Gasteiger partial charge in [0.15, 0.2) is 0 Å². The van der Waals surface area contributed by atoms with Crippen LogP contribution in [0.25, 0.3) is 4.85 Å². The van der Waals surface area contributed by atoms with Crippen LogP contribution in [-0.2, 0) is 16.0 Å². The molecule has 2 aromatic rings. The standard InChI is InChI=1S/C26H29N7O2S/c1-3-18-19(15-27)25(36-22(23(29)34)16-7-5-4-6-8-16)31-24(21(18)30-2)32-12-9-17(10-13-32)33-14-11-20(28)26(33)35/h4-8,17,20,22H,3,9-14,28H2,1H3,(H2,29,34). The number of nitrogens with two attached hydrogens (primary N) is 2. The van der Waals surface area contributed by atoms with Crippen LogP contribution in [0.3, 0.4) is 0 Å². The number of aromatic nitrogens is 1. The average molecular weight is 504 g/mol. The first-order valence-electron chi connectivity index (χ1n) is 12.1. The molecule has 2 saturated heterocycles. The predicted molar refractivity (Wildman–Crippen MR) is 138 cm³/mol. The Morgan fingerprint density at radius 2 is 1.97 bits per heavy atom. The molecular formula is C26H29N7O2S. The summed E-state index contributed by atoms with van der Waals surface area (Å²) < 4.78 is 0. The maximum atomic E-state index is 12.4. The lowest BCUT2D eigenvalue weighted by Gasteiger charge is -2.38. The monoisotopic (exact) mass is 503 g/mol. The van der Waals surface area contributed by atoms with Crippen LogP contribution in [0.5, 0.6) is 0 Å². The number of likely N-dealkylation sites (tertiary alicyclic amines) is 1. The number of thioether (sulfide) groups is 1. The quantitative estimate of drug-likeness (QED) is 0.438. The van der Waals surface area contributed by atoms with Crippen molar-refractivity contribution in [2.24, 2.45) is 11.5 Å². The van der Waals surface area contributed by atoms with Gasteiger partial charge in [0.25, 0.3) is 0 Å². The summed E-state index contributed by atoms with van der Waals surface area (Å²) in [5, 5.41) is 9.66. The van der Waals surface area contributed by atoms with Gasteiger partial charge in [-0.3, -0.25) is 9.59 Å². The maximum absolute atomic E-state index is 12.4. The van der Waals surface area contributed by atoms with Gasteiger partial charge in [0, 0.05) is 25.7 Å². The zero-order valence-electron chi connectivity index (χ0n) is 20.2. The number of hydrogen-bond acceptors (Lipinski definition) is 7. The number of carbonyl (C=O) groups is 2. The highest BCUT2D eigenvalue weighted by molar-refractivity contribution is 8.00. The molecule has 9 nitrogen and oxygen atoms in total. The van der Waals surface area contributed by atoms with Crippen LogP contribution in [0.2, 0.25) is 0 Å². The van der Waals surface area contributed by atoms with Crippen molar-refractivity contribution in [3.05, 3.63) is 58.4 Å². The second-order valence-corrected chi connectivity index (χ2v) is 10.1. The van der Waals surface area contributed by atoms with Crippen molar-refractivity contribution >= 4 is 35.1 Å². The fourth-order valence-corrected chi connectivity index (χ4v) is 6.04. The number of nitriles is 1. The minimum atomic E-state index is -0.724. The number of carbonyl (C=O) groups excluding carboxylic acids is 2. The number of benzene rings is 1. The first-order valence-corrected chi connectivity index (χ1v) is 12.9. The van der Waals surface area contributed by atoms with Crippen molar-refractivity contribution in [3.63, 3.8) is 0 Å². The number of piperidine rings is 1. The molecule has 0 aliphatic carbocycles. The summed E-state index contributed by atoms with van der Waals surface area (Å²) in [5.41, 5.74) is 13.7. The van der Waals surface area contributed by atoms with Gasteiger partial charge in [-0.25, -0.2) is 9.83 Å². The highest BCUT2D eigenvalue weighted by Gasteiger charge is 2.36. The second kappa shape index (κ2) is 11.0. The smallest absolute Gasteiger partial charge is 0.239 e. The first kappa shape index (κ1) is 25.5. The molecule has 186 valence electrons. The second-order valence-electron chi connectivity index (χ2n) is 8.98. The van der Waals surface area contributed by atoms with Gasteiger partial charge in [-0.15, -0.1) is 0 Å². The lowest BCUT2D eigenvalue weighted by molar-refractivity contribution is -0.131. The molecule has 3 heterocycles. The number of primary amides is 1. The Kier molecular flexibility index (Phi) is 7.78. The molecule has 0 bridgehead atoms. The molecular weight excluding hydrogens is 474 g/mol. The van der Waals surface area contributed by atoms with Crippen LogP contribution in [-0.4, -0.2) is 53.4 Å². The first-order chi connectivity index (χ1) is 17.4. The Labute approximate surface area is 215 Å². The van der Waals surface area contributed by atoms with Gasteiger partial charge < -0.3 is 21.3 Å². The van der Waals surface area contributed by atoms with E-state index in [2.05, 4.69) is 15.8 Å². The van der Waals surface area contributed by atoms with E-state index < -0.39 is 17.2 Å². The molecule has 2 amide bonds. The summed E-state index contributed by atoms with van der Waals surface area (Å²) >= 11 is 1.14. The molecule has 4 rings (SSSR count). The van der Waals surface area contributed by atoms with Crippen molar-refractivity contribution < 1.29 is 9.59 Å². The molecule has 2 aliphatic heterocycles. The van der Waals surface area contributed by atoms with Gasteiger partial charge in [0.2, 0.25) is 17.5 Å². The van der Waals surface area contributed by atoms with Crippen LogP contribution in [0.1, 0.15) is 48.1 Å². The van der Waals surface area contributed by atoms with Crippen molar-refractivity contribution in [2.45, 2.75) is 55.0 Å². The summed E-state index contributed by atoms with van der Waals surface area (Å²) in [7, 11) is 0. The van der Waals surface area contributed by atoms with Crippen LogP contribution in [0.4, 0.5) is 11.5 Å². The summed E-state index contributed by atoms with van der Waals surface area (Å²) in [5.74, 6) is -0.000246. The van der Waals surface area contributed by atoms with Crippen LogP contribution >= 0.6 is 11.8 Å². The Morgan fingerprint density at radius 3 is 2.50 bits per heavy atom. The Balaban J connectivity index is 1.67. The van der Waals surface area contributed by atoms with Crippen LogP contribution in [0.15, 0.2) is 35.4 Å². The summed E-state index contributed by atoms with van der Waals surface area (Å²) in [4.78, 5) is 37.3. The summed E-state index contributed by atoms with van der Waals surface area (Å²) in [6.45, 7) is 11.7.